The molecule has 0 amide bonds. The molecule has 1 rings (SSSR count). The number of hydrogen-bond acceptors (Lipinski definition) is 4. The van der Waals surface area contributed by atoms with Gasteiger partial charge in [-0.3, -0.25) is 0 Å². The first-order valence-corrected chi connectivity index (χ1v) is 8.87. The van der Waals surface area contributed by atoms with Crippen molar-refractivity contribution in [3.05, 3.63) is 0 Å². The number of hydrogen-bond donors (Lipinski definition) is 0. The second kappa shape index (κ2) is 7.54. The van der Waals surface area contributed by atoms with E-state index in [4.69, 9.17) is 5.26 Å². The average Bonchev–Trinajstić information content (AvgIpc) is 2.42. The van der Waals surface area contributed by atoms with Crippen molar-refractivity contribution in [3.63, 3.8) is 0 Å². The summed E-state index contributed by atoms with van der Waals surface area (Å²) in [7, 11) is -1.87. The molecule has 0 unspecified atom stereocenters. The van der Waals surface area contributed by atoms with Crippen LogP contribution in [0.25, 0.3) is 0 Å². The first kappa shape index (κ1) is 18.4. The lowest BCUT2D eigenvalue weighted by molar-refractivity contribution is 0.163. The summed E-state index contributed by atoms with van der Waals surface area (Å²) in [5, 5.41) is 8.56. The molecule has 0 spiro atoms. The van der Waals surface area contributed by atoms with Gasteiger partial charge in [-0.1, -0.05) is 20.8 Å². The van der Waals surface area contributed by atoms with E-state index in [1.54, 1.807) is 7.05 Å². The number of nitrogens with zero attached hydrogens (tertiary/aromatic N) is 4. The van der Waals surface area contributed by atoms with Crippen LogP contribution in [0.15, 0.2) is 0 Å². The molecule has 0 aromatic carbocycles. The monoisotopic (exact) mass is 316 g/mol. The average molecular weight is 316 g/mol. The van der Waals surface area contributed by atoms with Gasteiger partial charge in [0, 0.05) is 46.2 Å². The van der Waals surface area contributed by atoms with E-state index in [9.17, 15) is 8.42 Å². The smallest absolute Gasteiger partial charge is 0.281 e. The Bertz CT molecular complexity index is 456. The summed E-state index contributed by atoms with van der Waals surface area (Å²) in [5.41, 5.74) is 0.306. The van der Waals surface area contributed by atoms with Gasteiger partial charge in [0.25, 0.3) is 10.2 Å². The molecular formula is C14H28N4O2S. The van der Waals surface area contributed by atoms with Crippen LogP contribution in [0.3, 0.4) is 0 Å². The molecular weight excluding hydrogens is 288 g/mol. The molecule has 21 heavy (non-hydrogen) atoms. The summed E-state index contributed by atoms with van der Waals surface area (Å²) in [6, 6.07) is 1.98. The fraction of sp³-hybridized carbons (Fsp3) is 0.929. The van der Waals surface area contributed by atoms with E-state index in [0.717, 1.165) is 26.1 Å². The molecule has 0 aromatic heterocycles. The van der Waals surface area contributed by atoms with Gasteiger partial charge in [0.05, 0.1) is 6.07 Å². The van der Waals surface area contributed by atoms with E-state index in [0.29, 0.717) is 18.5 Å². The van der Waals surface area contributed by atoms with E-state index in [2.05, 4.69) is 25.7 Å². The summed E-state index contributed by atoms with van der Waals surface area (Å²) >= 11 is 0. The molecule has 0 aromatic rings. The highest BCUT2D eigenvalue weighted by Gasteiger charge is 2.30. The van der Waals surface area contributed by atoms with Crippen LogP contribution in [0.1, 0.15) is 33.6 Å². The molecule has 0 radical (unpaired) electrons. The van der Waals surface area contributed by atoms with E-state index >= 15 is 0 Å². The highest BCUT2D eigenvalue weighted by atomic mass is 32.2. The van der Waals surface area contributed by atoms with E-state index < -0.39 is 10.2 Å². The summed E-state index contributed by atoms with van der Waals surface area (Å²) < 4.78 is 27.5. The van der Waals surface area contributed by atoms with Crippen molar-refractivity contribution >= 4 is 10.2 Å². The molecule has 1 saturated heterocycles. The third kappa shape index (κ3) is 5.91. The highest BCUT2D eigenvalue weighted by Crippen LogP contribution is 2.20. The van der Waals surface area contributed by atoms with Crippen molar-refractivity contribution in [1.82, 2.24) is 13.5 Å². The largest absolute Gasteiger partial charge is 0.301 e. The zero-order chi connectivity index (χ0) is 16.1. The van der Waals surface area contributed by atoms with E-state index in [-0.39, 0.29) is 13.0 Å². The van der Waals surface area contributed by atoms with Crippen molar-refractivity contribution in [3.8, 4) is 6.07 Å². The van der Waals surface area contributed by atoms with Crippen LogP contribution in [-0.2, 0) is 10.2 Å². The molecule has 0 aliphatic carbocycles. The third-order valence-electron chi connectivity index (χ3n) is 3.77. The Balaban J connectivity index is 2.47. The predicted molar refractivity (Wildman–Crippen MR) is 83.9 cm³/mol. The van der Waals surface area contributed by atoms with E-state index in [1.807, 2.05) is 6.07 Å². The van der Waals surface area contributed by atoms with Gasteiger partial charge in [-0.25, -0.2) is 0 Å². The summed E-state index contributed by atoms with van der Waals surface area (Å²) in [4.78, 5) is 2.33. The topological polar surface area (TPSA) is 67.6 Å². The van der Waals surface area contributed by atoms with Gasteiger partial charge in [0.15, 0.2) is 0 Å². The van der Waals surface area contributed by atoms with Gasteiger partial charge in [-0.05, 0) is 18.4 Å². The van der Waals surface area contributed by atoms with Crippen LogP contribution in [0.5, 0.6) is 0 Å². The minimum Gasteiger partial charge on any atom is -0.301 e. The number of nitriles is 1. The molecule has 6 nitrogen and oxygen atoms in total. The zero-order valence-electron chi connectivity index (χ0n) is 13.7. The fourth-order valence-electron chi connectivity index (χ4n) is 2.20. The van der Waals surface area contributed by atoms with Crippen LogP contribution in [0, 0.1) is 16.7 Å². The van der Waals surface area contributed by atoms with Crippen LogP contribution in [0.4, 0.5) is 0 Å². The van der Waals surface area contributed by atoms with Gasteiger partial charge < -0.3 is 4.90 Å². The SMILES string of the molecule is CN(CCC#N)S(=O)(=O)N1CCN(CCC(C)(C)C)CC1. The van der Waals surface area contributed by atoms with Crippen LogP contribution < -0.4 is 0 Å². The lowest BCUT2D eigenvalue weighted by Crippen LogP contribution is -2.52. The number of piperazine rings is 1. The molecule has 0 N–H and O–H groups in total. The number of rotatable bonds is 6. The van der Waals surface area contributed by atoms with Gasteiger partial charge >= 0.3 is 0 Å². The van der Waals surface area contributed by atoms with Crippen LogP contribution in [0.2, 0.25) is 0 Å². The van der Waals surface area contributed by atoms with Crippen molar-refractivity contribution in [2.45, 2.75) is 33.6 Å². The standard InChI is InChI=1S/C14H28N4O2S/c1-14(2,3)6-9-17-10-12-18(13-11-17)21(19,20)16(4)8-5-7-15/h5-6,8-13H2,1-4H3. The lowest BCUT2D eigenvalue weighted by atomic mass is 9.92. The maximum absolute atomic E-state index is 12.3. The van der Waals surface area contributed by atoms with E-state index in [1.165, 1.54) is 8.61 Å². The minimum absolute atomic E-state index is 0.223. The Morgan fingerprint density at radius 2 is 1.76 bits per heavy atom. The second-order valence-corrected chi connectivity index (χ2v) is 8.82. The molecule has 0 atom stereocenters. The first-order chi connectivity index (χ1) is 9.66. The Hall–Kier alpha value is -0.680. The van der Waals surface area contributed by atoms with Gasteiger partial charge in [-0.2, -0.15) is 22.3 Å². The van der Waals surface area contributed by atoms with Crippen molar-refractivity contribution in [1.29, 1.82) is 5.26 Å². The molecule has 1 heterocycles. The lowest BCUT2D eigenvalue weighted by Gasteiger charge is -2.36. The zero-order valence-corrected chi connectivity index (χ0v) is 14.5. The molecule has 0 saturated carbocycles. The van der Waals surface area contributed by atoms with Gasteiger partial charge in [-0.15, -0.1) is 0 Å². The summed E-state index contributed by atoms with van der Waals surface area (Å²) in [5.74, 6) is 0. The maximum Gasteiger partial charge on any atom is 0.281 e. The van der Waals surface area contributed by atoms with Crippen LogP contribution in [-0.4, -0.2) is 68.2 Å². The molecule has 122 valence electrons. The fourth-order valence-corrected chi connectivity index (χ4v) is 3.54. The highest BCUT2D eigenvalue weighted by molar-refractivity contribution is 7.86. The van der Waals surface area contributed by atoms with Crippen molar-refractivity contribution in [2.75, 3.05) is 46.3 Å². The third-order valence-corrected chi connectivity index (χ3v) is 5.76. The van der Waals surface area contributed by atoms with Crippen molar-refractivity contribution < 1.29 is 8.42 Å². The predicted octanol–water partition coefficient (Wildman–Crippen LogP) is 1.13. The second-order valence-electron chi connectivity index (χ2n) is 6.79. The normalized spacial score (nSPS) is 18.9. The quantitative estimate of drug-likeness (QED) is 0.737. The Morgan fingerprint density at radius 3 is 2.24 bits per heavy atom. The van der Waals surface area contributed by atoms with Gasteiger partial charge in [0.2, 0.25) is 0 Å². The Kier molecular flexibility index (Phi) is 6.60. The first-order valence-electron chi connectivity index (χ1n) is 7.47. The Morgan fingerprint density at radius 1 is 1.19 bits per heavy atom. The Labute approximate surface area is 129 Å². The molecule has 0 bridgehead atoms. The summed E-state index contributed by atoms with van der Waals surface area (Å²) in [6.45, 7) is 10.5. The molecule has 1 aliphatic heterocycles. The van der Waals surface area contributed by atoms with Crippen LogP contribution >= 0.6 is 0 Å². The maximum atomic E-state index is 12.3. The molecule has 1 aliphatic rings. The van der Waals surface area contributed by atoms with Crippen molar-refractivity contribution in [2.24, 2.45) is 5.41 Å². The summed E-state index contributed by atoms with van der Waals surface area (Å²) in [6.07, 6.45) is 1.34. The minimum atomic E-state index is -3.41. The molecule has 1 fully saturated rings. The molecule has 7 heteroatoms. The van der Waals surface area contributed by atoms with Gasteiger partial charge in [0.1, 0.15) is 0 Å².